The third-order valence-electron chi connectivity index (χ3n) is 5.80. The molecule has 5 rings (SSSR count). The highest BCUT2D eigenvalue weighted by Gasteiger charge is 2.20. The molecule has 3 N–H and O–H groups in total. The van der Waals surface area contributed by atoms with Gasteiger partial charge in [0.25, 0.3) is 0 Å². The number of Topliss-reactive ketones (excluding diaryl/α,β-unsaturated/α-hetero) is 1. The second kappa shape index (κ2) is 9.23. The lowest BCUT2D eigenvalue weighted by Gasteiger charge is -2.21. The molecule has 0 spiro atoms. The number of anilines is 5. The first kappa shape index (κ1) is 21.5. The van der Waals surface area contributed by atoms with E-state index < -0.39 is 0 Å². The van der Waals surface area contributed by atoms with E-state index in [1.807, 2.05) is 54.2 Å². The van der Waals surface area contributed by atoms with Gasteiger partial charge in [-0.2, -0.15) is 16.7 Å². The Morgan fingerprint density at radius 2 is 1.73 bits per heavy atom. The van der Waals surface area contributed by atoms with Crippen LogP contribution in [-0.2, 0) is 23.4 Å². The summed E-state index contributed by atoms with van der Waals surface area (Å²) in [7, 11) is 0. The predicted octanol–water partition coefficient (Wildman–Crippen LogP) is 5.23. The van der Waals surface area contributed by atoms with Gasteiger partial charge in [-0.1, -0.05) is 0 Å². The lowest BCUT2D eigenvalue weighted by Crippen LogP contribution is -2.13. The number of amides is 1. The highest BCUT2D eigenvalue weighted by molar-refractivity contribution is 7.98. The van der Waals surface area contributed by atoms with Gasteiger partial charge in [0, 0.05) is 47.3 Å². The first-order valence-electron chi connectivity index (χ1n) is 11.1. The van der Waals surface area contributed by atoms with Crippen molar-refractivity contribution in [1.29, 1.82) is 0 Å². The Morgan fingerprint density at radius 1 is 0.939 bits per heavy atom. The molecule has 0 radical (unpaired) electrons. The second-order valence-corrected chi connectivity index (χ2v) is 9.39. The lowest BCUT2D eigenvalue weighted by atomic mass is 9.90. The molecule has 33 heavy (non-hydrogen) atoms. The van der Waals surface area contributed by atoms with Gasteiger partial charge in [0.2, 0.25) is 11.9 Å². The Hall–Kier alpha value is -3.39. The molecule has 1 amide bonds. The highest BCUT2D eigenvalue weighted by atomic mass is 32.2. The maximum absolute atomic E-state index is 12.1. The van der Waals surface area contributed by atoms with Crippen molar-refractivity contribution in [3.05, 3.63) is 64.8 Å². The lowest BCUT2D eigenvalue weighted by molar-refractivity contribution is -0.114. The third-order valence-corrected chi connectivity index (χ3v) is 6.79. The molecule has 8 heteroatoms. The maximum atomic E-state index is 12.1. The van der Waals surface area contributed by atoms with Crippen LogP contribution in [0.15, 0.2) is 42.5 Å². The first-order valence-corrected chi connectivity index (χ1v) is 12.3. The number of nitrogens with one attached hydrogen (secondary N) is 3. The maximum Gasteiger partial charge on any atom is 0.229 e. The number of ketones is 1. The molecule has 1 aliphatic carbocycles. The van der Waals surface area contributed by atoms with Crippen molar-refractivity contribution in [2.75, 3.05) is 21.7 Å². The number of hydrogen-bond acceptors (Lipinski definition) is 7. The number of benzene rings is 2. The molecule has 0 atom stereocenters. The normalized spacial score (nSPS) is 14.8. The number of hydrogen-bond donors (Lipinski definition) is 3. The molecule has 2 aliphatic rings. The van der Waals surface area contributed by atoms with Gasteiger partial charge in [-0.05, 0) is 73.0 Å². The van der Waals surface area contributed by atoms with Gasteiger partial charge in [-0.15, -0.1) is 0 Å². The molecule has 0 unspecified atom stereocenters. The van der Waals surface area contributed by atoms with Crippen molar-refractivity contribution in [2.24, 2.45) is 0 Å². The van der Waals surface area contributed by atoms with Crippen LogP contribution in [0, 0.1) is 0 Å². The summed E-state index contributed by atoms with van der Waals surface area (Å²) in [5.41, 5.74) is 6.62. The zero-order valence-corrected chi connectivity index (χ0v) is 19.2. The predicted molar refractivity (Wildman–Crippen MR) is 133 cm³/mol. The summed E-state index contributed by atoms with van der Waals surface area (Å²) in [4.78, 5) is 33.0. The molecule has 0 saturated heterocycles. The Balaban J connectivity index is 1.42. The number of fused-ring (bicyclic) bond motifs is 2. The van der Waals surface area contributed by atoms with Crippen molar-refractivity contribution in [2.45, 2.75) is 38.4 Å². The standard InChI is InChI=1S/C25H25N5O2S/c1-15(31)26-17-5-7-18(8-6-17)27-24-21-14-33-12-11-22(21)29-25(30-24)28-19-9-10-20-16(13-19)3-2-4-23(20)32/h5-10,13H,2-4,11-12,14H2,1H3,(H,26,31)(H2,27,28,29,30). The SMILES string of the molecule is CC(=O)Nc1ccc(Nc2nc(Nc3ccc4c(c3)CCCC4=O)nc3c2CSCC3)cc1. The fourth-order valence-electron chi connectivity index (χ4n) is 4.22. The zero-order valence-electron chi connectivity index (χ0n) is 18.4. The first-order chi connectivity index (χ1) is 16.0. The van der Waals surface area contributed by atoms with Crippen molar-refractivity contribution in [1.82, 2.24) is 9.97 Å². The number of rotatable bonds is 5. The van der Waals surface area contributed by atoms with E-state index in [0.29, 0.717) is 12.4 Å². The molecular weight excluding hydrogens is 434 g/mol. The average molecular weight is 460 g/mol. The number of carbonyl (C=O) groups excluding carboxylic acids is 2. The monoisotopic (exact) mass is 459 g/mol. The van der Waals surface area contributed by atoms with Gasteiger partial charge in [-0.3, -0.25) is 9.59 Å². The molecule has 168 valence electrons. The summed E-state index contributed by atoms with van der Waals surface area (Å²) in [5.74, 6) is 3.36. The van der Waals surface area contributed by atoms with Crippen molar-refractivity contribution >= 4 is 52.3 Å². The topological polar surface area (TPSA) is 96.0 Å². The Bertz CT molecular complexity index is 1230. The molecular formula is C25H25N5O2S. The summed E-state index contributed by atoms with van der Waals surface area (Å²) in [6, 6.07) is 13.4. The smallest absolute Gasteiger partial charge is 0.229 e. The minimum Gasteiger partial charge on any atom is -0.340 e. The van der Waals surface area contributed by atoms with Gasteiger partial charge >= 0.3 is 0 Å². The van der Waals surface area contributed by atoms with E-state index in [1.54, 1.807) is 0 Å². The van der Waals surface area contributed by atoms with Gasteiger partial charge in [-0.25, -0.2) is 4.98 Å². The van der Waals surface area contributed by atoms with Crippen LogP contribution in [0.5, 0.6) is 0 Å². The minimum atomic E-state index is -0.0973. The minimum absolute atomic E-state index is 0.0973. The average Bonchev–Trinajstić information content (AvgIpc) is 2.80. The molecule has 0 bridgehead atoms. The summed E-state index contributed by atoms with van der Waals surface area (Å²) >= 11 is 1.88. The van der Waals surface area contributed by atoms with E-state index in [1.165, 1.54) is 6.92 Å². The molecule has 7 nitrogen and oxygen atoms in total. The quantitative estimate of drug-likeness (QED) is 0.481. The van der Waals surface area contributed by atoms with Gasteiger partial charge in [0.15, 0.2) is 5.78 Å². The van der Waals surface area contributed by atoms with Crippen molar-refractivity contribution < 1.29 is 9.59 Å². The van der Waals surface area contributed by atoms with E-state index in [2.05, 4.69) is 16.0 Å². The van der Waals surface area contributed by atoms with E-state index in [4.69, 9.17) is 9.97 Å². The van der Waals surface area contributed by atoms with Crippen molar-refractivity contribution in [3.63, 3.8) is 0 Å². The largest absolute Gasteiger partial charge is 0.340 e. The molecule has 2 aromatic carbocycles. The van der Waals surface area contributed by atoms with Crippen LogP contribution in [-0.4, -0.2) is 27.4 Å². The summed E-state index contributed by atoms with van der Waals surface area (Å²) in [6.07, 6.45) is 3.34. The van der Waals surface area contributed by atoms with E-state index in [0.717, 1.165) is 76.0 Å². The van der Waals surface area contributed by atoms with Crippen LogP contribution in [0.4, 0.5) is 28.8 Å². The van der Waals surface area contributed by atoms with Gasteiger partial charge < -0.3 is 16.0 Å². The fourth-order valence-corrected chi connectivity index (χ4v) is 5.21. The highest BCUT2D eigenvalue weighted by Crippen LogP contribution is 2.32. The van der Waals surface area contributed by atoms with Crippen LogP contribution in [0.25, 0.3) is 0 Å². The number of aryl methyl sites for hydroxylation is 2. The van der Waals surface area contributed by atoms with Crippen LogP contribution in [0.1, 0.15) is 46.9 Å². The van der Waals surface area contributed by atoms with Crippen LogP contribution < -0.4 is 16.0 Å². The number of thioether (sulfide) groups is 1. The molecule has 1 aromatic heterocycles. The third kappa shape index (κ3) is 4.85. The van der Waals surface area contributed by atoms with E-state index in [-0.39, 0.29) is 11.7 Å². The summed E-state index contributed by atoms with van der Waals surface area (Å²) < 4.78 is 0. The van der Waals surface area contributed by atoms with Crippen LogP contribution in [0.3, 0.4) is 0 Å². The van der Waals surface area contributed by atoms with Crippen LogP contribution in [0.2, 0.25) is 0 Å². The molecule has 2 heterocycles. The molecule has 1 aliphatic heterocycles. The van der Waals surface area contributed by atoms with Gasteiger partial charge in [0.1, 0.15) is 5.82 Å². The Kier molecular flexibility index (Phi) is 6.00. The molecule has 0 saturated carbocycles. The fraction of sp³-hybridized carbons (Fsp3) is 0.280. The van der Waals surface area contributed by atoms with E-state index >= 15 is 0 Å². The number of carbonyl (C=O) groups is 2. The zero-order chi connectivity index (χ0) is 22.8. The number of aromatic nitrogens is 2. The summed E-state index contributed by atoms with van der Waals surface area (Å²) in [5, 5.41) is 9.56. The summed E-state index contributed by atoms with van der Waals surface area (Å²) in [6.45, 7) is 1.49. The Labute approximate surface area is 196 Å². The van der Waals surface area contributed by atoms with Crippen molar-refractivity contribution in [3.8, 4) is 0 Å². The second-order valence-electron chi connectivity index (χ2n) is 8.28. The van der Waals surface area contributed by atoms with Gasteiger partial charge in [0.05, 0.1) is 5.69 Å². The van der Waals surface area contributed by atoms with Crippen LogP contribution >= 0.6 is 11.8 Å². The number of nitrogens with zero attached hydrogens (tertiary/aromatic N) is 2. The van der Waals surface area contributed by atoms with E-state index in [9.17, 15) is 9.59 Å². The Morgan fingerprint density at radius 3 is 2.55 bits per heavy atom. The molecule has 0 fully saturated rings. The molecule has 3 aromatic rings.